The van der Waals surface area contributed by atoms with Crippen LogP contribution in [0.3, 0.4) is 0 Å². The van der Waals surface area contributed by atoms with Crippen LogP contribution < -0.4 is 0 Å². The van der Waals surface area contributed by atoms with E-state index in [1.54, 1.807) is 239 Å². The van der Waals surface area contributed by atoms with Crippen LogP contribution in [-0.2, 0) is 37.5 Å². The zero-order valence-electron chi connectivity index (χ0n) is 67.6. The molecule has 0 aromatic heterocycles. The van der Waals surface area contributed by atoms with E-state index in [9.17, 15) is 0 Å². The molecule has 2 bridgehead atoms. The molecule has 1 saturated carbocycles. The fraction of sp³-hybridized carbons (Fsp3) is 0.273. The van der Waals surface area contributed by atoms with Crippen LogP contribution in [0.15, 0.2) is 206 Å². The van der Waals surface area contributed by atoms with Crippen LogP contribution in [0.4, 0.5) is 0 Å². The number of hydrogen-bond acceptors (Lipinski definition) is 0. The van der Waals surface area contributed by atoms with E-state index in [0.717, 1.165) is 31.1 Å². The van der Waals surface area contributed by atoms with Gasteiger partial charge < -0.3 is 0 Å². The van der Waals surface area contributed by atoms with Crippen molar-refractivity contribution >= 4 is 73.2 Å². The van der Waals surface area contributed by atoms with Gasteiger partial charge in [0.25, 0.3) is 0 Å². The molecule has 1 fully saturated rings. The lowest BCUT2D eigenvalue weighted by molar-refractivity contribution is 0.279. The van der Waals surface area contributed by atoms with E-state index >= 15 is 0 Å². The minimum atomic E-state index is 0.170. The Morgan fingerprint density at radius 2 is 0.942 bits per heavy atom. The summed E-state index contributed by atoms with van der Waals surface area (Å²) in [5.74, 6) is 8.95. The van der Waals surface area contributed by atoms with Gasteiger partial charge in [0.05, 0.1) is 0 Å². The summed E-state index contributed by atoms with van der Waals surface area (Å²) in [6.45, 7) is 4.64. The number of hydrogen-bond donors (Lipinski definition) is 0. The molecule has 0 saturated heterocycles. The monoisotopic (exact) mass is 1530 g/mol. The van der Waals surface area contributed by atoms with Crippen molar-refractivity contribution in [1.29, 1.82) is 0 Å². The van der Waals surface area contributed by atoms with Crippen LogP contribution in [0.1, 0.15) is 327 Å². The standard InChI is InChI=1S/C55H30.C46H24.C11H14.C9H8/c1-2-4-22-21(3-1)28-15-29(22)55-16-19-7-10-25-23-8-5-17-13-20-14-18-6-9-24-26-11-12-27(53(28)55)38-37(26)44-42-35(24)31(18)40-33(20)39-30(17)34(23)41-43-36(25)32(19)51-49(43)48(47(45(39)41)46(40)42)50(44)52(38)54(51)55;1-5-19-20-6-2-15-11-18-12-16-4-8-22-21-7-3-14-10-17-9-13(1)23-29(19)37-38-30(20)24(15)35-28(18)36-26(16)32(22)40-39-31(21)25(14)34-27(17)33(23)41(37)45(42(34)39)46(43(35)38)44(36)40;1-8-7-9(2)11-6-4-3-5-10(8)11;1-2-5-9-7-3-6-8(9)4-1/h1-7,9-10,14,23-24,28-29,39,44,46,53H,8,11-13,15-16H2;1-3,6-7,10,18-19,21,33,40,42H,4-5,8-9,11-12H2;3-6,8-9H,7H2,1-2H3;1-6H,7H2. The number of benzene rings is 11. The van der Waals surface area contributed by atoms with Crippen LogP contribution >= 0.6 is 0 Å². The van der Waals surface area contributed by atoms with Crippen LogP contribution in [-0.4, -0.2) is 0 Å². The van der Waals surface area contributed by atoms with E-state index in [2.05, 4.69) is 172 Å². The van der Waals surface area contributed by atoms with E-state index in [0.29, 0.717) is 82.9 Å². The summed E-state index contributed by atoms with van der Waals surface area (Å²) in [4.78, 5) is 0. The molecular weight excluding hydrogens is 1450 g/mol. The van der Waals surface area contributed by atoms with Crippen LogP contribution in [0.2, 0.25) is 0 Å². The summed E-state index contributed by atoms with van der Waals surface area (Å²) < 4.78 is 0. The third-order valence-electron chi connectivity index (χ3n) is 41.2. The largest absolute Gasteiger partial charge is 0.0797 e. The fourth-order valence-electron chi connectivity index (χ4n) is 38.9. The third kappa shape index (κ3) is 5.21. The third-order valence-corrected chi connectivity index (χ3v) is 41.2. The average molecular weight is 1530 g/mol. The van der Waals surface area contributed by atoms with Crippen LogP contribution in [0.5, 0.6) is 0 Å². The van der Waals surface area contributed by atoms with Crippen molar-refractivity contribution in [2.24, 2.45) is 17.8 Å². The van der Waals surface area contributed by atoms with Gasteiger partial charge in [-0.3, -0.25) is 0 Å². The highest BCUT2D eigenvalue weighted by molar-refractivity contribution is 6.32. The average Bonchev–Trinajstić information content (AvgIpc) is 1.43. The Kier molecular flexibility index (Phi) is 8.42. The highest BCUT2D eigenvalue weighted by atomic mass is 14.8. The van der Waals surface area contributed by atoms with Gasteiger partial charge in [-0.2, -0.15) is 0 Å². The summed E-state index contributed by atoms with van der Waals surface area (Å²) in [6, 6.07) is 43.2. The quantitative estimate of drug-likeness (QED) is 0.142. The van der Waals surface area contributed by atoms with Crippen molar-refractivity contribution in [3.8, 4) is 44.5 Å². The molecule has 0 radical (unpaired) electrons. The first-order valence-corrected chi connectivity index (χ1v) is 47.7. The smallest absolute Gasteiger partial charge is 0.0361 e. The molecule has 11 aromatic carbocycles. The van der Waals surface area contributed by atoms with Gasteiger partial charge in [0, 0.05) is 64.6 Å². The summed E-state index contributed by atoms with van der Waals surface area (Å²) in [5, 5.41) is 7.06. The van der Waals surface area contributed by atoms with Gasteiger partial charge in [-0.05, 0) is 448 Å². The lowest BCUT2D eigenvalue weighted by atomic mass is 9.48. The molecule has 17 unspecified atom stereocenters. The molecule has 0 N–H and O–H groups in total. The van der Waals surface area contributed by atoms with Crippen molar-refractivity contribution in [2.45, 2.75) is 186 Å². The van der Waals surface area contributed by atoms with E-state index in [1.807, 2.05) is 94.7 Å². The topological polar surface area (TPSA) is 0 Å². The number of fused-ring (bicyclic) bond motifs is 13. The zero-order valence-corrected chi connectivity index (χ0v) is 67.6. The minimum absolute atomic E-state index is 0.170. The Hall–Kier alpha value is -11.4. The summed E-state index contributed by atoms with van der Waals surface area (Å²) in [5.41, 5.74) is 101. The maximum Gasteiger partial charge on any atom is 0.0361 e. The Bertz CT molecular complexity index is 8390. The first kappa shape index (κ1) is 58.5. The van der Waals surface area contributed by atoms with E-state index in [-0.39, 0.29) is 5.41 Å². The lowest BCUT2D eigenvalue weighted by Crippen LogP contribution is -2.47. The van der Waals surface area contributed by atoms with E-state index in [4.69, 9.17) is 0 Å². The molecule has 32 aliphatic carbocycles. The van der Waals surface area contributed by atoms with Gasteiger partial charge in [0.15, 0.2) is 0 Å². The molecule has 0 heterocycles. The molecular formula is C121H76. The molecule has 11 aromatic rings. The van der Waals surface area contributed by atoms with E-state index in [1.165, 1.54) is 81.8 Å². The molecule has 17 atom stereocenters. The molecule has 121 heavy (non-hydrogen) atoms. The Labute approximate surface area is 701 Å². The maximum absolute atomic E-state index is 2.73. The second kappa shape index (κ2) is 17.4. The van der Waals surface area contributed by atoms with Gasteiger partial charge in [0.2, 0.25) is 0 Å². The van der Waals surface area contributed by atoms with Gasteiger partial charge in [-0.15, -0.1) is 0 Å². The fourth-order valence-corrected chi connectivity index (χ4v) is 38.9. The van der Waals surface area contributed by atoms with Crippen LogP contribution in [0.25, 0.3) is 118 Å². The van der Waals surface area contributed by atoms with Gasteiger partial charge in [0.1, 0.15) is 0 Å². The Morgan fingerprint density at radius 1 is 0.355 bits per heavy atom. The van der Waals surface area contributed by atoms with Crippen molar-refractivity contribution in [3.05, 3.63) is 384 Å². The Morgan fingerprint density at radius 3 is 1.62 bits per heavy atom. The number of rotatable bonds is 0. The molecule has 560 valence electrons. The predicted octanol–water partition coefficient (Wildman–Crippen LogP) is 27.7. The number of allylic oxidation sites excluding steroid dienone is 23. The molecule has 0 heteroatoms. The van der Waals surface area contributed by atoms with Crippen molar-refractivity contribution in [1.82, 2.24) is 0 Å². The van der Waals surface area contributed by atoms with Crippen molar-refractivity contribution in [2.75, 3.05) is 0 Å². The zero-order chi connectivity index (χ0) is 75.8. The van der Waals surface area contributed by atoms with Crippen LogP contribution in [0, 0.1) is 17.8 Å². The highest BCUT2D eigenvalue weighted by Crippen LogP contribution is 2.88. The molecule has 1 spiro atoms. The van der Waals surface area contributed by atoms with E-state index < -0.39 is 0 Å². The van der Waals surface area contributed by atoms with Gasteiger partial charge in [-0.1, -0.05) is 194 Å². The maximum atomic E-state index is 2.73. The SMILES string of the molecule is C1=CC2C3=C4C5=C(CC3)C3C6CC(c7ccccc76)C36Cc3ccc7c8c3-c3c6c5c5c6c9c%10c(c-8c36)C3=C6C(=CCC37)Cc3cc1c1c(c3C6%10)C9C(=C12)C45.C1=CC2C3=C4C5=C(CC3)CC3Cc6ccc7c8c6-c6c3c5c3c5c9c%10c(c-8c65)C5=C6C(=CCC57)Cc5cc1c1c(c5C6%10)C9C(=C12)C43.C1=Cc2ccccc2C1.CC1CC(C)c2ccccc21. The lowest BCUT2D eigenvalue weighted by Gasteiger charge is -2.54. The molecule has 0 amide bonds. The normalized spacial score (nSPS) is 32.8. The summed E-state index contributed by atoms with van der Waals surface area (Å²) in [7, 11) is 0. The minimum Gasteiger partial charge on any atom is -0.0797 e. The Balaban J connectivity index is 0.0000000849. The predicted molar refractivity (Wildman–Crippen MR) is 483 cm³/mol. The second-order valence-electron chi connectivity index (χ2n) is 44.2. The molecule has 0 nitrogen and oxygen atoms in total. The van der Waals surface area contributed by atoms with Gasteiger partial charge in [-0.25, -0.2) is 0 Å². The van der Waals surface area contributed by atoms with Crippen molar-refractivity contribution < 1.29 is 0 Å². The summed E-state index contributed by atoms with van der Waals surface area (Å²) in [6.07, 6.45) is 37.7. The van der Waals surface area contributed by atoms with Gasteiger partial charge >= 0.3 is 0 Å². The first-order chi connectivity index (χ1) is 59.9. The van der Waals surface area contributed by atoms with Crippen molar-refractivity contribution in [3.63, 3.8) is 0 Å². The molecule has 43 rings (SSSR count). The second-order valence-corrected chi connectivity index (χ2v) is 44.2. The first-order valence-electron chi connectivity index (χ1n) is 47.7. The summed E-state index contributed by atoms with van der Waals surface area (Å²) >= 11 is 0. The highest BCUT2D eigenvalue weighted by Gasteiger charge is 2.73. The molecule has 0 aliphatic heterocycles. The molecule has 32 aliphatic rings.